The highest BCUT2D eigenvalue weighted by Gasteiger charge is 2.08. The van der Waals surface area contributed by atoms with Crippen molar-refractivity contribution in [3.8, 4) is 0 Å². The Hall–Kier alpha value is -1.85. The van der Waals surface area contributed by atoms with Crippen molar-refractivity contribution in [2.45, 2.75) is 26.2 Å². The van der Waals surface area contributed by atoms with Crippen LogP contribution in [0.4, 0.5) is 11.4 Å². The van der Waals surface area contributed by atoms with Gasteiger partial charge < -0.3 is 10.6 Å². The Morgan fingerprint density at radius 1 is 1.04 bits per heavy atom. The van der Waals surface area contributed by atoms with E-state index in [-0.39, 0.29) is 11.8 Å². The molecule has 4 nitrogen and oxygen atoms in total. The highest BCUT2D eigenvalue weighted by Crippen LogP contribution is 2.25. The maximum atomic E-state index is 12.2. The van der Waals surface area contributed by atoms with E-state index >= 15 is 0 Å². The van der Waals surface area contributed by atoms with Gasteiger partial charge in [0.2, 0.25) is 5.91 Å². The highest BCUT2D eigenvalue weighted by molar-refractivity contribution is 9.10. The minimum Gasteiger partial charge on any atom is -0.326 e. The zero-order chi connectivity index (χ0) is 17.5. The van der Waals surface area contributed by atoms with Crippen LogP contribution < -0.4 is 10.6 Å². The zero-order valence-electron chi connectivity index (χ0n) is 13.2. The first-order chi connectivity index (χ1) is 11.5. The van der Waals surface area contributed by atoms with Gasteiger partial charge in [0.05, 0.1) is 5.02 Å². The second kappa shape index (κ2) is 8.85. The lowest BCUT2D eigenvalue weighted by Crippen LogP contribution is -2.13. The van der Waals surface area contributed by atoms with Crippen molar-refractivity contribution in [3.05, 3.63) is 57.5 Å². The monoisotopic (exact) mass is 408 g/mol. The lowest BCUT2D eigenvalue weighted by molar-refractivity contribution is -0.116. The summed E-state index contributed by atoms with van der Waals surface area (Å²) in [5.41, 5.74) is 1.80. The number of rotatable bonds is 6. The van der Waals surface area contributed by atoms with Crippen molar-refractivity contribution in [3.63, 3.8) is 0 Å². The van der Waals surface area contributed by atoms with Crippen molar-refractivity contribution in [1.29, 1.82) is 0 Å². The van der Waals surface area contributed by atoms with Crippen LogP contribution in [0.2, 0.25) is 5.02 Å². The molecule has 0 saturated heterocycles. The molecule has 0 aliphatic carbocycles. The van der Waals surface area contributed by atoms with E-state index in [1.165, 1.54) is 0 Å². The summed E-state index contributed by atoms with van der Waals surface area (Å²) in [6.07, 6.45) is 2.34. The summed E-state index contributed by atoms with van der Waals surface area (Å²) >= 11 is 9.31. The van der Waals surface area contributed by atoms with Crippen LogP contribution in [0.3, 0.4) is 0 Å². The van der Waals surface area contributed by atoms with Gasteiger partial charge in [-0.2, -0.15) is 0 Å². The normalized spacial score (nSPS) is 10.3. The third-order valence-electron chi connectivity index (χ3n) is 3.37. The standard InChI is InChI=1S/C18H18BrClN2O2/c1-2-3-4-17(23)21-13-7-5-12(6-8-13)18(24)22-14-9-10-15(19)16(20)11-14/h5-11H,2-4H2,1H3,(H,21,23)(H,22,24). The minimum absolute atomic E-state index is 0.0152. The largest absolute Gasteiger partial charge is 0.326 e. The third-order valence-corrected chi connectivity index (χ3v) is 4.60. The van der Waals surface area contributed by atoms with Crippen LogP contribution in [0.25, 0.3) is 0 Å². The van der Waals surface area contributed by atoms with Gasteiger partial charge in [0.15, 0.2) is 0 Å². The molecular weight excluding hydrogens is 392 g/mol. The van der Waals surface area contributed by atoms with Gasteiger partial charge in [-0.3, -0.25) is 9.59 Å². The Bertz CT molecular complexity index is 732. The number of anilines is 2. The number of amides is 2. The Morgan fingerprint density at radius 2 is 1.71 bits per heavy atom. The summed E-state index contributed by atoms with van der Waals surface area (Å²) in [7, 11) is 0. The Morgan fingerprint density at radius 3 is 2.33 bits per heavy atom. The van der Waals surface area contributed by atoms with Gasteiger partial charge in [-0.25, -0.2) is 0 Å². The molecule has 0 atom stereocenters. The fourth-order valence-corrected chi connectivity index (χ4v) is 2.47. The molecule has 6 heteroatoms. The lowest BCUT2D eigenvalue weighted by atomic mass is 10.1. The first-order valence-electron chi connectivity index (χ1n) is 7.66. The van der Waals surface area contributed by atoms with Crippen LogP contribution in [0.15, 0.2) is 46.9 Å². The summed E-state index contributed by atoms with van der Waals surface area (Å²) in [6.45, 7) is 2.04. The van der Waals surface area contributed by atoms with Gasteiger partial charge in [0.25, 0.3) is 5.91 Å². The minimum atomic E-state index is -0.239. The summed E-state index contributed by atoms with van der Waals surface area (Å²) in [4.78, 5) is 23.9. The average Bonchev–Trinajstić information content (AvgIpc) is 2.57. The fourth-order valence-electron chi connectivity index (χ4n) is 2.04. The van der Waals surface area contributed by atoms with Crippen molar-refractivity contribution in [2.24, 2.45) is 0 Å². The first-order valence-corrected chi connectivity index (χ1v) is 8.83. The van der Waals surface area contributed by atoms with Crippen LogP contribution in [0.1, 0.15) is 36.5 Å². The van der Waals surface area contributed by atoms with Crippen molar-refractivity contribution in [1.82, 2.24) is 0 Å². The molecule has 0 radical (unpaired) electrons. The molecule has 24 heavy (non-hydrogen) atoms. The molecule has 0 fully saturated rings. The number of benzene rings is 2. The highest BCUT2D eigenvalue weighted by atomic mass is 79.9. The molecule has 0 bridgehead atoms. The lowest BCUT2D eigenvalue weighted by Gasteiger charge is -2.08. The average molecular weight is 410 g/mol. The van der Waals surface area contributed by atoms with E-state index < -0.39 is 0 Å². The quantitative estimate of drug-likeness (QED) is 0.663. The van der Waals surface area contributed by atoms with E-state index in [0.717, 1.165) is 17.3 Å². The van der Waals surface area contributed by atoms with Crippen LogP contribution in [0.5, 0.6) is 0 Å². The summed E-state index contributed by atoms with van der Waals surface area (Å²) in [5.74, 6) is -0.254. The number of halogens is 2. The second-order valence-corrected chi connectivity index (χ2v) is 6.57. The van der Waals surface area contributed by atoms with Gasteiger partial charge in [0.1, 0.15) is 0 Å². The van der Waals surface area contributed by atoms with E-state index in [0.29, 0.717) is 28.4 Å². The van der Waals surface area contributed by atoms with Gasteiger partial charge in [-0.15, -0.1) is 0 Å². The SMILES string of the molecule is CCCCC(=O)Nc1ccc(C(=O)Nc2ccc(Br)c(Cl)c2)cc1. The van der Waals surface area contributed by atoms with E-state index in [1.807, 2.05) is 6.92 Å². The Kier molecular flexibility index (Phi) is 6.82. The molecule has 0 aliphatic rings. The number of carbonyl (C=O) groups excluding carboxylic acids is 2. The van der Waals surface area contributed by atoms with E-state index in [4.69, 9.17) is 11.6 Å². The summed E-state index contributed by atoms with van der Waals surface area (Å²) in [5, 5.41) is 6.12. The number of hydrogen-bond acceptors (Lipinski definition) is 2. The van der Waals surface area contributed by atoms with Gasteiger partial charge in [-0.05, 0) is 64.8 Å². The summed E-state index contributed by atoms with van der Waals surface area (Å²) < 4.78 is 0.769. The number of hydrogen-bond donors (Lipinski definition) is 2. The topological polar surface area (TPSA) is 58.2 Å². The molecule has 0 aromatic heterocycles. The van der Waals surface area contributed by atoms with Crippen molar-refractivity contribution < 1.29 is 9.59 Å². The Labute approximate surface area is 154 Å². The second-order valence-electron chi connectivity index (χ2n) is 5.31. The van der Waals surface area contributed by atoms with Crippen LogP contribution >= 0.6 is 27.5 Å². The van der Waals surface area contributed by atoms with Crippen LogP contribution in [-0.2, 0) is 4.79 Å². The predicted octanol–water partition coefficient (Wildman–Crippen LogP) is 5.48. The summed E-state index contributed by atoms with van der Waals surface area (Å²) in [6, 6.07) is 12.0. The van der Waals surface area contributed by atoms with Crippen LogP contribution in [-0.4, -0.2) is 11.8 Å². The molecule has 2 aromatic rings. The van der Waals surface area contributed by atoms with E-state index in [9.17, 15) is 9.59 Å². The number of carbonyl (C=O) groups is 2. The molecule has 2 rings (SSSR count). The van der Waals surface area contributed by atoms with Crippen molar-refractivity contribution in [2.75, 3.05) is 10.6 Å². The molecule has 2 amide bonds. The number of unbranched alkanes of at least 4 members (excludes halogenated alkanes) is 1. The molecule has 0 saturated carbocycles. The maximum absolute atomic E-state index is 12.2. The van der Waals surface area contributed by atoms with Gasteiger partial charge in [-0.1, -0.05) is 24.9 Å². The maximum Gasteiger partial charge on any atom is 0.255 e. The van der Waals surface area contributed by atoms with Gasteiger partial charge in [0, 0.05) is 27.8 Å². The molecular formula is C18H18BrClN2O2. The molecule has 0 spiro atoms. The molecule has 126 valence electrons. The molecule has 0 unspecified atom stereocenters. The van der Waals surface area contributed by atoms with E-state index in [1.54, 1.807) is 42.5 Å². The zero-order valence-corrected chi connectivity index (χ0v) is 15.6. The third kappa shape index (κ3) is 5.35. The molecule has 0 heterocycles. The predicted molar refractivity (Wildman–Crippen MR) is 102 cm³/mol. The Balaban J connectivity index is 1.98. The van der Waals surface area contributed by atoms with Gasteiger partial charge >= 0.3 is 0 Å². The fraction of sp³-hybridized carbons (Fsp3) is 0.222. The smallest absolute Gasteiger partial charge is 0.255 e. The van der Waals surface area contributed by atoms with Crippen LogP contribution in [0, 0.1) is 0 Å². The molecule has 0 aliphatic heterocycles. The first kappa shape index (κ1) is 18.5. The number of nitrogens with one attached hydrogen (secondary N) is 2. The van der Waals surface area contributed by atoms with Crippen molar-refractivity contribution >= 4 is 50.7 Å². The molecule has 2 aromatic carbocycles. The molecule has 2 N–H and O–H groups in total. The van der Waals surface area contributed by atoms with E-state index in [2.05, 4.69) is 26.6 Å².